The Morgan fingerprint density at radius 2 is 1.46 bits per heavy atom. The Morgan fingerprint density at radius 1 is 1.08 bits per heavy atom. The van der Waals surface area contributed by atoms with E-state index in [4.69, 9.17) is 9.47 Å². The minimum absolute atomic E-state index is 0.154. The van der Waals surface area contributed by atoms with Crippen molar-refractivity contribution in [1.29, 1.82) is 0 Å². The van der Waals surface area contributed by atoms with Crippen molar-refractivity contribution in [1.82, 2.24) is 4.90 Å². The molecule has 0 bridgehead atoms. The van der Waals surface area contributed by atoms with E-state index in [-0.39, 0.29) is 5.54 Å². The molecular formula is C10H23NO2. The van der Waals surface area contributed by atoms with Crippen LogP contribution < -0.4 is 0 Å². The third-order valence-electron chi connectivity index (χ3n) is 2.32. The standard InChI is InChI=1S/C10H23NO2/c1-10(2,3)11(4)9(7-12-5)8-13-6/h9H,7-8H2,1-6H3. The molecule has 0 saturated heterocycles. The lowest BCUT2D eigenvalue weighted by atomic mass is 10.0. The van der Waals surface area contributed by atoms with Gasteiger partial charge in [0, 0.05) is 19.8 Å². The van der Waals surface area contributed by atoms with E-state index in [9.17, 15) is 0 Å². The minimum Gasteiger partial charge on any atom is -0.383 e. The van der Waals surface area contributed by atoms with Gasteiger partial charge in [0.05, 0.1) is 19.3 Å². The van der Waals surface area contributed by atoms with Crippen molar-refractivity contribution in [3.05, 3.63) is 0 Å². The normalized spacial score (nSPS) is 12.9. The quantitative estimate of drug-likeness (QED) is 0.652. The van der Waals surface area contributed by atoms with E-state index < -0.39 is 0 Å². The fraction of sp³-hybridized carbons (Fsp3) is 1.00. The van der Waals surface area contributed by atoms with Gasteiger partial charge in [-0.1, -0.05) is 0 Å². The van der Waals surface area contributed by atoms with Crippen LogP contribution in [-0.2, 0) is 9.47 Å². The second-order valence-electron chi connectivity index (χ2n) is 4.35. The Hall–Kier alpha value is -0.120. The summed E-state index contributed by atoms with van der Waals surface area (Å²) in [5, 5.41) is 0. The maximum Gasteiger partial charge on any atom is 0.0640 e. The van der Waals surface area contributed by atoms with E-state index >= 15 is 0 Å². The number of ether oxygens (including phenoxy) is 2. The highest BCUT2D eigenvalue weighted by Crippen LogP contribution is 2.14. The summed E-state index contributed by atoms with van der Waals surface area (Å²) in [7, 11) is 5.54. The SMILES string of the molecule is COCC(COC)N(C)C(C)(C)C. The molecule has 0 aliphatic heterocycles. The average Bonchev–Trinajstić information content (AvgIpc) is 2.01. The Morgan fingerprint density at radius 3 is 1.69 bits per heavy atom. The topological polar surface area (TPSA) is 21.7 Å². The first-order valence-electron chi connectivity index (χ1n) is 4.64. The lowest BCUT2D eigenvalue weighted by Crippen LogP contribution is -2.49. The van der Waals surface area contributed by atoms with Gasteiger partial charge in [-0.15, -0.1) is 0 Å². The molecule has 0 aliphatic carbocycles. The molecule has 0 radical (unpaired) electrons. The first kappa shape index (κ1) is 12.9. The molecule has 3 heteroatoms. The van der Waals surface area contributed by atoms with Crippen molar-refractivity contribution in [3.63, 3.8) is 0 Å². The molecule has 80 valence electrons. The molecule has 0 fully saturated rings. The molecule has 0 unspecified atom stereocenters. The van der Waals surface area contributed by atoms with E-state index in [1.807, 2.05) is 0 Å². The number of nitrogens with zero attached hydrogens (tertiary/aromatic N) is 1. The van der Waals surface area contributed by atoms with Crippen LogP contribution in [0.2, 0.25) is 0 Å². The third-order valence-corrected chi connectivity index (χ3v) is 2.32. The van der Waals surface area contributed by atoms with Crippen LogP contribution in [0.5, 0.6) is 0 Å². The second kappa shape index (κ2) is 5.58. The van der Waals surface area contributed by atoms with Crippen molar-refractivity contribution in [2.45, 2.75) is 32.4 Å². The van der Waals surface area contributed by atoms with Crippen LogP contribution >= 0.6 is 0 Å². The number of methoxy groups -OCH3 is 2. The second-order valence-corrected chi connectivity index (χ2v) is 4.35. The molecule has 0 aromatic heterocycles. The molecule has 0 spiro atoms. The summed E-state index contributed by atoms with van der Waals surface area (Å²) in [4.78, 5) is 2.28. The summed E-state index contributed by atoms with van der Waals surface area (Å²) in [6.45, 7) is 7.98. The summed E-state index contributed by atoms with van der Waals surface area (Å²) in [5.41, 5.74) is 0.154. The highest BCUT2D eigenvalue weighted by Gasteiger charge is 2.24. The molecule has 0 saturated carbocycles. The fourth-order valence-corrected chi connectivity index (χ4v) is 1.20. The third kappa shape index (κ3) is 4.60. The maximum absolute atomic E-state index is 5.15. The molecule has 0 heterocycles. The Bertz CT molecular complexity index is 125. The molecule has 0 aromatic carbocycles. The Kier molecular flexibility index (Phi) is 5.53. The van der Waals surface area contributed by atoms with Gasteiger partial charge in [0.2, 0.25) is 0 Å². The average molecular weight is 189 g/mol. The maximum atomic E-state index is 5.15. The Balaban J connectivity index is 4.18. The number of hydrogen-bond acceptors (Lipinski definition) is 3. The summed E-state index contributed by atoms with van der Waals surface area (Å²) in [5.74, 6) is 0. The molecule has 0 aromatic rings. The van der Waals surface area contributed by atoms with Crippen molar-refractivity contribution in [3.8, 4) is 0 Å². The predicted octanol–water partition coefficient (Wildman–Crippen LogP) is 1.38. The summed E-state index contributed by atoms with van der Waals surface area (Å²) >= 11 is 0. The van der Waals surface area contributed by atoms with Crippen LogP contribution in [0, 0.1) is 0 Å². The monoisotopic (exact) mass is 189 g/mol. The van der Waals surface area contributed by atoms with Crippen LogP contribution in [0.25, 0.3) is 0 Å². The summed E-state index contributed by atoms with van der Waals surface area (Å²) < 4.78 is 10.3. The lowest BCUT2D eigenvalue weighted by molar-refractivity contribution is 0.00857. The first-order valence-corrected chi connectivity index (χ1v) is 4.64. The molecular weight excluding hydrogens is 166 g/mol. The van der Waals surface area contributed by atoms with Crippen molar-refractivity contribution in [2.75, 3.05) is 34.5 Å². The van der Waals surface area contributed by atoms with Crippen molar-refractivity contribution < 1.29 is 9.47 Å². The van der Waals surface area contributed by atoms with Crippen LogP contribution in [0.15, 0.2) is 0 Å². The van der Waals surface area contributed by atoms with Crippen LogP contribution in [-0.4, -0.2) is 51.0 Å². The van der Waals surface area contributed by atoms with Gasteiger partial charge in [-0.25, -0.2) is 0 Å². The van der Waals surface area contributed by atoms with E-state index in [2.05, 4.69) is 32.7 Å². The molecule has 0 rings (SSSR count). The zero-order chi connectivity index (χ0) is 10.5. The molecule has 0 amide bonds. The van der Waals surface area contributed by atoms with Crippen molar-refractivity contribution >= 4 is 0 Å². The predicted molar refractivity (Wildman–Crippen MR) is 55.1 cm³/mol. The van der Waals surface area contributed by atoms with Gasteiger partial charge in [-0.2, -0.15) is 0 Å². The lowest BCUT2D eigenvalue weighted by Gasteiger charge is -2.38. The van der Waals surface area contributed by atoms with Crippen molar-refractivity contribution in [2.24, 2.45) is 0 Å². The van der Waals surface area contributed by atoms with Crippen LogP contribution in [0.1, 0.15) is 20.8 Å². The highest BCUT2D eigenvalue weighted by atomic mass is 16.5. The molecule has 13 heavy (non-hydrogen) atoms. The van der Waals surface area contributed by atoms with E-state index in [0.29, 0.717) is 19.3 Å². The summed E-state index contributed by atoms with van der Waals surface area (Å²) in [6, 6.07) is 0.329. The fourth-order valence-electron chi connectivity index (χ4n) is 1.20. The zero-order valence-corrected chi connectivity index (χ0v) is 9.76. The zero-order valence-electron chi connectivity index (χ0n) is 9.76. The van der Waals surface area contributed by atoms with Crippen LogP contribution in [0.4, 0.5) is 0 Å². The van der Waals surface area contributed by atoms with Gasteiger partial charge in [-0.3, -0.25) is 4.90 Å². The largest absolute Gasteiger partial charge is 0.383 e. The van der Waals surface area contributed by atoms with Gasteiger partial charge in [-0.05, 0) is 27.8 Å². The number of likely N-dealkylation sites (N-methyl/N-ethyl adjacent to an activating group) is 1. The molecule has 0 aliphatic rings. The number of hydrogen-bond donors (Lipinski definition) is 0. The van der Waals surface area contributed by atoms with Gasteiger partial charge in [0.1, 0.15) is 0 Å². The van der Waals surface area contributed by atoms with E-state index in [1.165, 1.54) is 0 Å². The molecule has 3 nitrogen and oxygen atoms in total. The van der Waals surface area contributed by atoms with Gasteiger partial charge < -0.3 is 9.47 Å². The van der Waals surface area contributed by atoms with Gasteiger partial charge in [0.15, 0.2) is 0 Å². The molecule has 0 N–H and O–H groups in total. The highest BCUT2D eigenvalue weighted by molar-refractivity contribution is 4.79. The first-order chi connectivity index (χ1) is 5.93. The number of rotatable bonds is 5. The smallest absolute Gasteiger partial charge is 0.0640 e. The van der Waals surface area contributed by atoms with Gasteiger partial charge >= 0.3 is 0 Å². The van der Waals surface area contributed by atoms with Crippen LogP contribution in [0.3, 0.4) is 0 Å². The summed E-state index contributed by atoms with van der Waals surface area (Å²) in [6.07, 6.45) is 0. The van der Waals surface area contributed by atoms with Gasteiger partial charge in [0.25, 0.3) is 0 Å². The Labute approximate surface area is 82.0 Å². The van der Waals surface area contributed by atoms with E-state index in [0.717, 1.165) is 0 Å². The minimum atomic E-state index is 0.154. The molecule has 0 atom stereocenters. The van der Waals surface area contributed by atoms with E-state index in [1.54, 1.807) is 14.2 Å².